The van der Waals surface area contributed by atoms with Crippen LogP contribution in [0.3, 0.4) is 0 Å². The zero-order valence-electron chi connectivity index (χ0n) is 23.5. The van der Waals surface area contributed by atoms with Crippen molar-refractivity contribution >= 4 is 71.1 Å². The second kappa shape index (κ2) is 8.72. The third-order valence-electron chi connectivity index (χ3n) is 8.88. The maximum atomic E-state index is 5.40. The Bertz CT molecular complexity index is 2770. The van der Waals surface area contributed by atoms with Crippen LogP contribution in [0.1, 0.15) is 0 Å². The van der Waals surface area contributed by atoms with Gasteiger partial charge in [-0.3, -0.25) is 8.97 Å². The van der Waals surface area contributed by atoms with Crippen LogP contribution in [0.2, 0.25) is 0 Å². The molecule has 0 aliphatic rings. The van der Waals surface area contributed by atoms with Gasteiger partial charge >= 0.3 is 0 Å². The highest BCUT2D eigenvalue weighted by molar-refractivity contribution is 6.21. The van der Waals surface area contributed by atoms with Gasteiger partial charge in [-0.05, 0) is 29.7 Å². The first kappa shape index (κ1) is 23.5. The largest absolute Gasteiger partial charge is 0.289 e. The Balaban J connectivity index is 1.47. The first-order valence-corrected chi connectivity index (χ1v) is 14.8. The van der Waals surface area contributed by atoms with Crippen molar-refractivity contribution in [3.63, 3.8) is 0 Å². The number of hydrogen-bond acceptors (Lipinski definition) is 3. The lowest BCUT2D eigenvalue weighted by Gasteiger charge is -2.14. The van der Waals surface area contributed by atoms with Gasteiger partial charge in [0.25, 0.3) is 0 Å². The Hall–Kier alpha value is -6.07. The van der Waals surface area contributed by atoms with Gasteiger partial charge in [0.1, 0.15) is 5.65 Å². The maximum absolute atomic E-state index is 5.40. The molecule has 0 bridgehead atoms. The van der Waals surface area contributed by atoms with Crippen LogP contribution in [0.4, 0.5) is 0 Å². The van der Waals surface area contributed by atoms with E-state index < -0.39 is 0 Å². The number of nitrogens with zero attached hydrogens (tertiary/aromatic N) is 5. The number of para-hydroxylation sites is 3. The van der Waals surface area contributed by atoms with Crippen molar-refractivity contribution in [3.05, 3.63) is 140 Å². The Labute approximate surface area is 251 Å². The van der Waals surface area contributed by atoms with Crippen molar-refractivity contribution < 1.29 is 0 Å². The highest BCUT2D eigenvalue weighted by atomic mass is 15.2. The summed E-state index contributed by atoms with van der Waals surface area (Å²) in [6.07, 6.45) is 0. The van der Waals surface area contributed by atoms with Gasteiger partial charge in [-0.1, -0.05) is 115 Å². The molecule has 0 unspecified atom stereocenters. The van der Waals surface area contributed by atoms with Crippen LogP contribution in [0, 0.1) is 0 Å². The van der Waals surface area contributed by atoms with E-state index in [1.54, 1.807) is 0 Å². The molecule has 0 aliphatic heterocycles. The molecular formula is C39H23N5. The summed E-state index contributed by atoms with van der Waals surface area (Å²) in [5.74, 6) is 0.646. The van der Waals surface area contributed by atoms with E-state index in [-0.39, 0.29) is 0 Å². The van der Waals surface area contributed by atoms with E-state index >= 15 is 0 Å². The number of aromatic nitrogens is 5. The van der Waals surface area contributed by atoms with E-state index in [2.05, 4.69) is 142 Å². The third-order valence-corrected chi connectivity index (χ3v) is 8.88. The van der Waals surface area contributed by atoms with E-state index in [0.29, 0.717) is 5.95 Å². The number of imidazole rings is 1. The molecule has 6 aromatic carbocycles. The van der Waals surface area contributed by atoms with Crippen LogP contribution in [-0.2, 0) is 0 Å². The van der Waals surface area contributed by atoms with Crippen LogP contribution >= 0.6 is 0 Å². The summed E-state index contributed by atoms with van der Waals surface area (Å²) in [4.78, 5) is 15.9. The first-order chi connectivity index (χ1) is 21.8. The fourth-order valence-electron chi connectivity index (χ4n) is 6.99. The summed E-state index contributed by atoms with van der Waals surface area (Å²) in [7, 11) is 0. The van der Waals surface area contributed by atoms with Crippen LogP contribution in [0.15, 0.2) is 140 Å². The highest BCUT2D eigenvalue weighted by Gasteiger charge is 2.23. The number of pyridine rings is 1. The van der Waals surface area contributed by atoms with Crippen molar-refractivity contribution in [2.24, 2.45) is 0 Å². The highest BCUT2D eigenvalue weighted by Crippen LogP contribution is 2.40. The molecule has 0 radical (unpaired) electrons. The molecular weight excluding hydrogens is 538 g/mol. The van der Waals surface area contributed by atoms with Gasteiger partial charge in [-0.2, -0.15) is 0 Å². The average Bonchev–Trinajstić information content (AvgIpc) is 3.65. The lowest BCUT2D eigenvalue weighted by molar-refractivity contribution is 1.02. The van der Waals surface area contributed by atoms with E-state index in [9.17, 15) is 0 Å². The fraction of sp³-hybridized carbons (Fsp3) is 0. The summed E-state index contributed by atoms with van der Waals surface area (Å²) in [6.45, 7) is 0. The molecule has 0 N–H and O–H groups in total. The van der Waals surface area contributed by atoms with E-state index in [1.807, 2.05) is 6.07 Å². The lowest BCUT2D eigenvalue weighted by Crippen LogP contribution is -2.04. The van der Waals surface area contributed by atoms with Crippen LogP contribution in [-0.4, -0.2) is 23.9 Å². The van der Waals surface area contributed by atoms with Crippen LogP contribution < -0.4 is 0 Å². The van der Waals surface area contributed by atoms with E-state index in [1.165, 1.54) is 0 Å². The smallest absolute Gasteiger partial charge is 0.235 e. The predicted molar refractivity (Wildman–Crippen MR) is 181 cm³/mol. The monoisotopic (exact) mass is 561 g/mol. The molecule has 0 amide bonds. The fourth-order valence-corrected chi connectivity index (χ4v) is 6.99. The van der Waals surface area contributed by atoms with Gasteiger partial charge in [-0.25, -0.2) is 15.0 Å². The molecule has 0 saturated heterocycles. The van der Waals surface area contributed by atoms with Crippen molar-refractivity contribution in [2.75, 3.05) is 0 Å². The molecule has 10 rings (SSSR count). The normalized spacial score (nSPS) is 12.1. The van der Waals surface area contributed by atoms with Crippen LogP contribution in [0.25, 0.3) is 88.3 Å². The molecule has 10 aromatic rings. The SMILES string of the molecule is c1ccc(-c2nc(-n3c4ccccc4c4c3c3ccccc3c3nc5ccccc5n34)nc3c2ccc2ccccc23)cc1. The number of hydrogen-bond donors (Lipinski definition) is 0. The zero-order chi connectivity index (χ0) is 28.8. The Morgan fingerprint density at radius 3 is 1.98 bits per heavy atom. The maximum Gasteiger partial charge on any atom is 0.235 e. The van der Waals surface area contributed by atoms with Gasteiger partial charge in [0.05, 0.1) is 38.8 Å². The number of benzene rings is 6. The molecule has 204 valence electrons. The minimum atomic E-state index is 0.646. The molecule has 0 fully saturated rings. The molecule has 0 spiro atoms. The Kier molecular flexibility index (Phi) is 4.66. The van der Waals surface area contributed by atoms with Gasteiger partial charge in [0.2, 0.25) is 5.95 Å². The second-order valence-corrected chi connectivity index (χ2v) is 11.3. The molecule has 4 heterocycles. The van der Waals surface area contributed by atoms with Gasteiger partial charge in [-0.15, -0.1) is 0 Å². The number of rotatable bonds is 2. The zero-order valence-corrected chi connectivity index (χ0v) is 23.5. The second-order valence-electron chi connectivity index (χ2n) is 11.3. The summed E-state index contributed by atoms with van der Waals surface area (Å²) >= 11 is 0. The molecule has 0 atom stereocenters. The predicted octanol–water partition coefficient (Wildman–Crippen LogP) is 9.50. The van der Waals surface area contributed by atoms with Crippen LogP contribution in [0.5, 0.6) is 0 Å². The van der Waals surface area contributed by atoms with E-state index in [0.717, 1.165) is 82.3 Å². The molecule has 4 aromatic heterocycles. The molecule has 0 aliphatic carbocycles. The average molecular weight is 562 g/mol. The van der Waals surface area contributed by atoms with Crippen molar-refractivity contribution in [1.29, 1.82) is 0 Å². The quantitative estimate of drug-likeness (QED) is 0.198. The van der Waals surface area contributed by atoms with Gasteiger partial charge < -0.3 is 0 Å². The Morgan fingerprint density at radius 1 is 0.432 bits per heavy atom. The minimum absolute atomic E-state index is 0.646. The third kappa shape index (κ3) is 3.10. The van der Waals surface area contributed by atoms with Crippen molar-refractivity contribution in [1.82, 2.24) is 23.9 Å². The lowest BCUT2D eigenvalue weighted by atomic mass is 10.0. The number of fused-ring (bicyclic) bond motifs is 13. The minimum Gasteiger partial charge on any atom is -0.289 e. The van der Waals surface area contributed by atoms with E-state index in [4.69, 9.17) is 15.0 Å². The Morgan fingerprint density at radius 2 is 1.11 bits per heavy atom. The van der Waals surface area contributed by atoms with Crippen molar-refractivity contribution in [2.45, 2.75) is 0 Å². The van der Waals surface area contributed by atoms with Gasteiger partial charge in [0, 0.05) is 32.5 Å². The summed E-state index contributed by atoms with van der Waals surface area (Å²) < 4.78 is 4.58. The topological polar surface area (TPSA) is 48.0 Å². The van der Waals surface area contributed by atoms with Gasteiger partial charge in [0.15, 0.2) is 0 Å². The summed E-state index contributed by atoms with van der Waals surface area (Å²) in [5.41, 5.74) is 9.14. The van der Waals surface area contributed by atoms with Crippen molar-refractivity contribution in [3.8, 4) is 17.2 Å². The molecule has 0 saturated carbocycles. The molecule has 44 heavy (non-hydrogen) atoms. The molecule has 5 heteroatoms. The molecule has 5 nitrogen and oxygen atoms in total. The summed E-state index contributed by atoms with van der Waals surface area (Å²) in [6, 6.07) is 48.7. The standard InChI is InChI=1S/C39H23N5/c1-2-13-25(14-3-1)34-30-23-22-24-12-4-5-15-26(24)35(30)42-39(41-34)44-32-20-10-8-18-29(32)37-36(44)27-16-6-7-17-28(27)38-40-31-19-9-11-21-33(31)43(37)38/h1-23H. The first-order valence-electron chi connectivity index (χ1n) is 14.8. The summed E-state index contributed by atoms with van der Waals surface area (Å²) in [5, 5.41) is 6.64.